The molecule has 1 saturated carbocycles. The van der Waals surface area contributed by atoms with E-state index in [1.165, 1.54) is 12.0 Å². The molecule has 1 nitrogen and oxygen atoms in total. The average molecular weight is 196 g/mol. The molecule has 0 aliphatic heterocycles. The Labute approximate surface area is 83.9 Å². The third-order valence-corrected chi connectivity index (χ3v) is 3.51. The molecule has 1 aliphatic rings. The van der Waals surface area contributed by atoms with Crippen molar-refractivity contribution in [1.29, 1.82) is 0 Å². The summed E-state index contributed by atoms with van der Waals surface area (Å²) in [5.74, 6) is 0.618. The van der Waals surface area contributed by atoms with Crippen molar-refractivity contribution >= 4 is 11.6 Å². The van der Waals surface area contributed by atoms with Crippen molar-refractivity contribution in [3.8, 4) is 0 Å². The molecule has 2 N–H and O–H groups in total. The summed E-state index contributed by atoms with van der Waals surface area (Å²) in [6, 6.07) is 8.07. The number of benzene rings is 1. The predicted molar refractivity (Wildman–Crippen MR) is 56.0 cm³/mol. The lowest BCUT2D eigenvalue weighted by atomic mass is 9.95. The number of rotatable bonds is 2. The van der Waals surface area contributed by atoms with Crippen LogP contribution in [0.15, 0.2) is 24.3 Å². The zero-order chi connectivity index (χ0) is 9.47. The van der Waals surface area contributed by atoms with Gasteiger partial charge in [0, 0.05) is 5.02 Å². The topological polar surface area (TPSA) is 26.0 Å². The molecule has 0 spiro atoms. The van der Waals surface area contributed by atoms with Crippen LogP contribution in [0.25, 0.3) is 0 Å². The Morgan fingerprint density at radius 2 is 2.23 bits per heavy atom. The number of hydrogen-bond donors (Lipinski definition) is 1. The SMILES string of the molecule is CC1(c2ccccc2Cl)CC1CN. The molecule has 0 radical (unpaired) electrons. The van der Waals surface area contributed by atoms with Gasteiger partial charge in [-0.25, -0.2) is 0 Å². The first-order valence-electron chi connectivity index (χ1n) is 4.63. The van der Waals surface area contributed by atoms with E-state index in [4.69, 9.17) is 17.3 Å². The van der Waals surface area contributed by atoms with Crippen LogP contribution in [0.3, 0.4) is 0 Å². The highest BCUT2D eigenvalue weighted by atomic mass is 35.5. The van der Waals surface area contributed by atoms with Crippen molar-refractivity contribution in [2.45, 2.75) is 18.8 Å². The fraction of sp³-hybridized carbons (Fsp3) is 0.455. The van der Waals surface area contributed by atoms with Crippen LogP contribution in [0.4, 0.5) is 0 Å². The quantitative estimate of drug-likeness (QED) is 0.772. The summed E-state index contributed by atoms with van der Waals surface area (Å²) in [4.78, 5) is 0. The molecule has 0 saturated heterocycles. The largest absolute Gasteiger partial charge is 0.330 e. The van der Waals surface area contributed by atoms with E-state index in [9.17, 15) is 0 Å². The Kier molecular flexibility index (Phi) is 2.09. The maximum absolute atomic E-state index is 6.13. The number of hydrogen-bond acceptors (Lipinski definition) is 1. The van der Waals surface area contributed by atoms with Crippen LogP contribution >= 0.6 is 11.6 Å². The van der Waals surface area contributed by atoms with Crippen LogP contribution in [0.5, 0.6) is 0 Å². The molecule has 2 atom stereocenters. The van der Waals surface area contributed by atoms with Gasteiger partial charge in [-0.1, -0.05) is 36.7 Å². The van der Waals surface area contributed by atoms with Gasteiger partial charge in [-0.15, -0.1) is 0 Å². The van der Waals surface area contributed by atoms with Crippen LogP contribution in [-0.2, 0) is 5.41 Å². The van der Waals surface area contributed by atoms with Crippen LogP contribution in [-0.4, -0.2) is 6.54 Å². The fourth-order valence-corrected chi connectivity index (χ4v) is 2.40. The molecule has 2 unspecified atom stereocenters. The molecule has 0 bridgehead atoms. The third kappa shape index (κ3) is 1.36. The Morgan fingerprint density at radius 3 is 2.77 bits per heavy atom. The summed E-state index contributed by atoms with van der Waals surface area (Å²) in [7, 11) is 0. The molecule has 1 aromatic carbocycles. The second kappa shape index (κ2) is 3.00. The molecule has 1 fully saturated rings. The zero-order valence-corrected chi connectivity index (χ0v) is 8.51. The van der Waals surface area contributed by atoms with E-state index in [1.54, 1.807) is 0 Å². The summed E-state index contributed by atoms with van der Waals surface area (Å²) in [6.45, 7) is 3.01. The van der Waals surface area contributed by atoms with Crippen LogP contribution in [0, 0.1) is 5.92 Å². The molecule has 0 aromatic heterocycles. The molecule has 70 valence electrons. The summed E-state index contributed by atoms with van der Waals surface area (Å²) >= 11 is 6.13. The Morgan fingerprint density at radius 1 is 1.54 bits per heavy atom. The molecule has 1 aliphatic carbocycles. The Balaban J connectivity index is 2.32. The normalized spacial score (nSPS) is 31.8. The smallest absolute Gasteiger partial charge is 0.0443 e. The van der Waals surface area contributed by atoms with Crippen molar-refractivity contribution < 1.29 is 0 Å². The van der Waals surface area contributed by atoms with Gasteiger partial charge in [0.1, 0.15) is 0 Å². The minimum absolute atomic E-state index is 0.243. The second-order valence-corrected chi connectivity index (χ2v) is 4.44. The summed E-state index contributed by atoms with van der Waals surface area (Å²) in [6.07, 6.45) is 1.17. The molecule has 13 heavy (non-hydrogen) atoms. The Hall–Kier alpha value is -0.530. The summed E-state index contributed by atoms with van der Waals surface area (Å²) in [5, 5.41) is 0.876. The van der Waals surface area contributed by atoms with E-state index in [0.29, 0.717) is 5.92 Å². The van der Waals surface area contributed by atoms with Crippen molar-refractivity contribution in [2.24, 2.45) is 11.7 Å². The highest BCUT2D eigenvalue weighted by Gasteiger charge is 2.50. The summed E-state index contributed by atoms with van der Waals surface area (Å²) in [5.41, 5.74) is 7.15. The standard InChI is InChI=1S/C11H14ClN/c1-11(6-8(11)7-13)9-4-2-3-5-10(9)12/h2-5,8H,6-7,13H2,1H3. The van der Waals surface area contributed by atoms with E-state index in [1.807, 2.05) is 18.2 Å². The van der Waals surface area contributed by atoms with Gasteiger partial charge < -0.3 is 5.73 Å². The number of halogens is 1. The van der Waals surface area contributed by atoms with Crippen LogP contribution in [0.2, 0.25) is 5.02 Å². The predicted octanol–water partition coefficient (Wildman–Crippen LogP) is 2.58. The van der Waals surface area contributed by atoms with Gasteiger partial charge in [-0.2, -0.15) is 0 Å². The Bertz CT molecular complexity index is 324. The third-order valence-electron chi connectivity index (χ3n) is 3.19. The first-order chi connectivity index (χ1) is 6.18. The highest BCUT2D eigenvalue weighted by molar-refractivity contribution is 6.31. The van der Waals surface area contributed by atoms with Gasteiger partial charge in [0.15, 0.2) is 0 Å². The lowest BCUT2D eigenvalue weighted by Gasteiger charge is -2.12. The summed E-state index contributed by atoms with van der Waals surface area (Å²) < 4.78 is 0. The van der Waals surface area contributed by atoms with Gasteiger partial charge >= 0.3 is 0 Å². The minimum Gasteiger partial charge on any atom is -0.330 e. The number of nitrogens with two attached hydrogens (primary N) is 1. The van der Waals surface area contributed by atoms with E-state index in [0.717, 1.165) is 11.6 Å². The van der Waals surface area contributed by atoms with Crippen molar-refractivity contribution in [3.63, 3.8) is 0 Å². The molecule has 0 heterocycles. The minimum atomic E-state index is 0.243. The van der Waals surface area contributed by atoms with E-state index < -0.39 is 0 Å². The van der Waals surface area contributed by atoms with Crippen molar-refractivity contribution in [2.75, 3.05) is 6.54 Å². The van der Waals surface area contributed by atoms with E-state index >= 15 is 0 Å². The van der Waals surface area contributed by atoms with E-state index in [2.05, 4.69) is 13.0 Å². The molecular weight excluding hydrogens is 182 g/mol. The lowest BCUT2D eigenvalue weighted by Crippen LogP contribution is -2.12. The van der Waals surface area contributed by atoms with Gasteiger partial charge in [-0.05, 0) is 35.9 Å². The maximum Gasteiger partial charge on any atom is 0.0443 e. The fourth-order valence-electron chi connectivity index (χ4n) is 2.05. The molecule has 2 heteroatoms. The average Bonchev–Trinajstić information content (AvgIpc) is 2.79. The zero-order valence-electron chi connectivity index (χ0n) is 7.76. The van der Waals surface area contributed by atoms with E-state index in [-0.39, 0.29) is 5.41 Å². The second-order valence-electron chi connectivity index (χ2n) is 4.03. The molecule has 1 aromatic rings. The lowest BCUT2D eigenvalue weighted by molar-refractivity contribution is 0.666. The first kappa shape index (κ1) is 9.04. The van der Waals surface area contributed by atoms with Crippen molar-refractivity contribution in [3.05, 3.63) is 34.9 Å². The van der Waals surface area contributed by atoms with Gasteiger partial charge in [-0.3, -0.25) is 0 Å². The van der Waals surface area contributed by atoms with Crippen molar-refractivity contribution in [1.82, 2.24) is 0 Å². The first-order valence-corrected chi connectivity index (χ1v) is 5.01. The maximum atomic E-state index is 6.13. The van der Waals surface area contributed by atoms with Gasteiger partial charge in [0.25, 0.3) is 0 Å². The molecular formula is C11H14ClN. The van der Waals surface area contributed by atoms with Crippen LogP contribution < -0.4 is 5.73 Å². The van der Waals surface area contributed by atoms with Gasteiger partial charge in [0.05, 0.1) is 0 Å². The van der Waals surface area contributed by atoms with Gasteiger partial charge in [0.2, 0.25) is 0 Å². The van der Waals surface area contributed by atoms with Crippen LogP contribution in [0.1, 0.15) is 18.9 Å². The highest BCUT2D eigenvalue weighted by Crippen LogP contribution is 2.54. The monoisotopic (exact) mass is 195 g/mol. The molecule has 2 rings (SSSR count). The molecule has 0 amide bonds.